The molecule has 1 aliphatic rings. The van der Waals surface area contributed by atoms with Crippen molar-refractivity contribution in [3.05, 3.63) is 28.3 Å². The summed E-state index contributed by atoms with van der Waals surface area (Å²) < 4.78 is 27.2. The highest BCUT2D eigenvalue weighted by Gasteiger charge is 2.23. The SMILES string of the molecule is CN(C)CCCNS(=O)(=O)c1ccc(NC2CCCC2)c([N+](=O)[O-])c1. The molecule has 0 unspecified atom stereocenters. The molecule has 0 amide bonds. The molecule has 0 aliphatic heterocycles. The van der Waals surface area contributed by atoms with E-state index in [0.29, 0.717) is 12.1 Å². The summed E-state index contributed by atoms with van der Waals surface area (Å²) in [4.78, 5) is 12.7. The molecule has 0 radical (unpaired) electrons. The van der Waals surface area contributed by atoms with Crippen LogP contribution in [0.2, 0.25) is 0 Å². The molecule has 140 valence electrons. The molecule has 0 aromatic heterocycles. The van der Waals surface area contributed by atoms with Gasteiger partial charge in [0.25, 0.3) is 5.69 Å². The van der Waals surface area contributed by atoms with Crippen LogP contribution < -0.4 is 10.0 Å². The molecule has 0 bridgehead atoms. The second-order valence-electron chi connectivity index (χ2n) is 6.62. The molecule has 0 heterocycles. The van der Waals surface area contributed by atoms with Crippen LogP contribution in [0, 0.1) is 10.1 Å². The Morgan fingerprint density at radius 1 is 1.28 bits per heavy atom. The molecule has 25 heavy (non-hydrogen) atoms. The molecule has 2 N–H and O–H groups in total. The largest absolute Gasteiger partial charge is 0.377 e. The van der Waals surface area contributed by atoms with E-state index in [-0.39, 0.29) is 23.2 Å². The van der Waals surface area contributed by atoms with Crippen LogP contribution in [0.1, 0.15) is 32.1 Å². The quantitative estimate of drug-likeness (QED) is 0.392. The Balaban J connectivity index is 2.12. The molecule has 1 saturated carbocycles. The predicted octanol–water partition coefficient (Wildman–Crippen LogP) is 2.18. The van der Waals surface area contributed by atoms with E-state index in [1.54, 1.807) is 0 Å². The van der Waals surface area contributed by atoms with Gasteiger partial charge in [-0.15, -0.1) is 0 Å². The molecule has 1 aromatic carbocycles. The van der Waals surface area contributed by atoms with Crippen molar-refractivity contribution in [2.45, 2.75) is 43.0 Å². The fraction of sp³-hybridized carbons (Fsp3) is 0.625. The Morgan fingerprint density at radius 2 is 1.96 bits per heavy atom. The summed E-state index contributed by atoms with van der Waals surface area (Å²) in [7, 11) is 0.0623. The van der Waals surface area contributed by atoms with Crippen molar-refractivity contribution in [3.8, 4) is 0 Å². The summed E-state index contributed by atoms with van der Waals surface area (Å²) in [6, 6.07) is 4.25. The first-order chi connectivity index (χ1) is 11.8. The van der Waals surface area contributed by atoms with Crippen LogP contribution in [-0.2, 0) is 10.0 Å². The van der Waals surface area contributed by atoms with E-state index in [1.807, 2.05) is 19.0 Å². The molecule has 1 aromatic rings. The predicted molar refractivity (Wildman–Crippen MR) is 97.3 cm³/mol. The Kier molecular flexibility index (Phi) is 6.74. The molecule has 9 heteroatoms. The summed E-state index contributed by atoms with van der Waals surface area (Å²) in [6.07, 6.45) is 4.83. The number of rotatable bonds is 9. The number of anilines is 1. The van der Waals surface area contributed by atoms with Crippen LogP contribution in [0.15, 0.2) is 23.1 Å². The number of benzene rings is 1. The van der Waals surface area contributed by atoms with Gasteiger partial charge < -0.3 is 10.2 Å². The van der Waals surface area contributed by atoms with Crippen LogP contribution in [0.25, 0.3) is 0 Å². The molecule has 1 aliphatic carbocycles. The van der Waals surface area contributed by atoms with Crippen LogP contribution in [-0.4, -0.2) is 51.5 Å². The first kappa shape index (κ1) is 19.6. The number of nitro groups is 1. The zero-order valence-corrected chi connectivity index (χ0v) is 15.5. The van der Waals surface area contributed by atoms with Crippen molar-refractivity contribution in [1.82, 2.24) is 9.62 Å². The van der Waals surface area contributed by atoms with Crippen molar-refractivity contribution >= 4 is 21.4 Å². The third kappa shape index (κ3) is 5.65. The minimum absolute atomic E-state index is 0.0824. The Morgan fingerprint density at radius 3 is 2.56 bits per heavy atom. The molecule has 1 fully saturated rings. The van der Waals surface area contributed by atoms with Crippen molar-refractivity contribution in [2.75, 3.05) is 32.5 Å². The second-order valence-corrected chi connectivity index (χ2v) is 8.38. The Labute approximate surface area is 148 Å². The normalized spacial score (nSPS) is 15.6. The van der Waals surface area contributed by atoms with Crippen LogP contribution in [0.3, 0.4) is 0 Å². The van der Waals surface area contributed by atoms with Gasteiger partial charge >= 0.3 is 0 Å². The van der Waals surface area contributed by atoms with Gasteiger partial charge in [0.05, 0.1) is 9.82 Å². The molecule has 0 saturated heterocycles. The number of hydrogen-bond acceptors (Lipinski definition) is 6. The summed E-state index contributed by atoms with van der Waals surface area (Å²) in [5.74, 6) is 0. The number of sulfonamides is 1. The average Bonchev–Trinajstić information content (AvgIpc) is 3.04. The summed E-state index contributed by atoms with van der Waals surface area (Å²) in [5.41, 5.74) is 0.173. The van der Waals surface area contributed by atoms with Crippen molar-refractivity contribution in [3.63, 3.8) is 0 Å². The monoisotopic (exact) mass is 370 g/mol. The van der Waals surface area contributed by atoms with Gasteiger partial charge in [-0.05, 0) is 52.0 Å². The van der Waals surface area contributed by atoms with Gasteiger partial charge in [-0.25, -0.2) is 13.1 Å². The molecular weight excluding hydrogens is 344 g/mol. The lowest BCUT2D eigenvalue weighted by atomic mass is 10.2. The second kappa shape index (κ2) is 8.59. The van der Waals surface area contributed by atoms with E-state index in [1.165, 1.54) is 12.1 Å². The lowest BCUT2D eigenvalue weighted by Gasteiger charge is -2.14. The van der Waals surface area contributed by atoms with Gasteiger partial charge in [-0.1, -0.05) is 12.8 Å². The van der Waals surface area contributed by atoms with E-state index >= 15 is 0 Å². The van der Waals surface area contributed by atoms with Gasteiger partial charge in [0.2, 0.25) is 10.0 Å². The van der Waals surface area contributed by atoms with Gasteiger partial charge in [-0.3, -0.25) is 10.1 Å². The maximum atomic E-state index is 12.3. The van der Waals surface area contributed by atoms with Gasteiger partial charge in [-0.2, -0.15) is 0 Å². The van der Waals surface area contributed by atoms with Crippen LogP contribution in [0.4, 0.5) is 11.4 Å². The standard InChI is InChI=1S/C16H26N4O4S/c1-19(2)11-5-10-17-25(23,24)14-8-9-15(16(12-14)20(21)22)18-13-6-3-4-7-13/h8-9,12-13,17-18H,3-7,10-11H2,1-2H3. The van der Waals surface area contributed by atoms with Crippen molar-refractivity contribution in [2.24, 2.45) is 0 Å². The van der Waals surface area contributed by atoms with E-state index in [4.69, 9.17) is 0 Å². The molecular formula is C16H26N4O4S. The Hall–Kier alpha value is -1.71. The summed E-state index contributed by atoms with van der Waals surface area (Å²) in [5, 5.41) is 14.5. The topological polar surface area (TPSA) is 105 Å². The van der Waals surface area contributed by atoms with Crippen LogP contribution in [0.5, 0.6) is 0 Å². The minimum Gasteiger partial charge on any atom is -0.377 e. The third-order valence-corrected chi connectivity index (χ3v) is 5.72. The highest BCUT2D eigenvalue weighted by molar-refractivity contribution is 7.89. The Bertz CT molecular complexity index is 700. The molecule has 8 nitrogen and oxygen atoms in total. The molecule has 2 rings (SSSR count). The smallest absolute Gasteiger partial charge is 0.293 e. The molecule has 0 spiro atoms. The van der Waals surface area contributed by atoms with Gasteiger partial charge in [0, 0.05) is 18.7 Å². The van der Waals surface area contributed by atoms with E-state index in [0.717, 1.165) is 38.3 Å². The van der Waals surface area contributed by atoms with E-state index in [2.05, 4.69) is 10.0 Å². The summed E-state index contributed by atoms with van der Waals surface area (Å²) in [6.45, 7) is 1.04. The first-order valence-electron chi connectivity index (χ1n) is 8.49. The zero-order valence-electron chi connectivity index (χ0n) is 14.7. The highest BCUT2D eigenvalue weighted by Crippen LogP contribution is 2.31. The van der Waals surface area contributed by atoms with E-state index < -0.39 is 14.9 Å². The number of nitrogens with zero attached hydrogens (tertiary/aromatic N) is 2. The average molecular weight is 370 g/mol. The number of nitrogens with one attached hydrogen (secondary N) is 2. The number of hydrogen-bond donors (Lipinski definition) is 2. The fourth-order valence-corrected chi connectivity index (χ4v) is 4.02. The van der Waals surface area contributed by atoms with Gasteiger partial charge in [0.1, 0.15) is 5.69 Å². The van der Waals surface area contributed by atoms with Crippen molar-refractivity contribution < 1.29 is 13.3 Å². The van der Waals surface area contributed by atoms with Crippen LogP contribution >= 0.6 is 0 Å². The number of nitro benzene ring substituents is 1. The summed E-state index contributed by atoms with van der Waals surface area (Å²) >= 11 is 0. The first-order valence-corrected chi connectivity index (χ1v) is 9.97. The van der Waals surface area contributed by atoms with Gasteiger partial charge in [0.15, 0.2) is 0 Å². The third-order valence-electron chi connectivity index (χ3n) is 4.27. The van der Waals surface area contributed by atoms with E-state index in [9.17, 15) is 18.5 Å². The zero-order chi connectivity index (χ0) is 18.4. The highest BCUT2D eigenvalue weighted by atomic mass is 32.2. The minimum atomic E-state index is -3.76. The lowest BCUT2D eigenvalue weighted by molar-refractivity contribution is -0.384. The molecule has 0 atom stereocenters. The maximum absolute atomic E-state index is 12.3. The fourth-order valence-electron chi connectivity index (χ4n) is 2.93. The van der Waals surface area contributed by atoms with Crippen molar-refractivity contribution in [1.29, 1.82) is 0 Å². The lowest BCUT2D eigenvalue weighted by Crippen LogP contribution is -2.27. The maximum Gasteiger partial charge on any atom is 0.293 e.